The Labute approximate surface area is 330 Å². The van der Waals surface area contributed by atoms with Gasteiger partial charge in [0, 0.05) is 112 Å². The smallest absolute Gasteiger partial charge is 0.189 e. The lowest BCUT2D eigenvalue weighted by atomic mass is 10.1. The molecule has 0 bridgehead atoms. The Morgan fingerprint density at radius 2 is 0.927 bits per heavy atom. The molecule has 2 N–H and O–H groups in total. The number of hydrogen-bond donors (Lipinski definition) is 2. The standard InChI is InChI=1S/C27H29N5.C15H19N3.C3H6.C2H6/c1-19-20(2)31(18-28)27-16-15-25(17-26(19)27)32(23-11-7-21(8-12-23)29(3)4)24-13-9-22(10-14-24)30(5)6;1-16-12-4-6-13(7-5-12)17-14-8-10-15(11-9-14)18(2)3;1-3-2;1-2/h7-17H,1-6H3;4-11,16-17H,1-3H3;3H,1H2,2H3;1-2H3. The average Bonchev–Trinajstić information content (AvgIpc) is 3.44. The van der Waals surface area contributed by atoms with Crippen LogP contribution in [0.15, 0.2) is 128 Å². The van der Waals surface area contributed by atoms with Crippen LogP contribution in [0.4, 0.5) is 51.2 Å². The molecule has 0 fully saturated rings. The van der Waals surface area contributed by atoms with Crippen molar-refractivity contribution < 1.29 is 0 Å². The lowest BCUT2D eigenvalue weighted by Gasteiger charge is -2.27. The summed E-state index contributed by atoms with van der Waals surface area (Å²) in [6.07, 6.45) is 4.05. The predicted molar refractivity (Wildman–Crippen MR) is 243 cm³/mol. The van der Waals surface area contributed by atoms with Crippen molar-refractivity contribution in [3.8, 4) is 6.19 Å². The van der Waals surface area contributed by atoms with Crippen molar-refractivity contribution in [2.24, 2.45) is 0 Å². The first kappa shape index (κ1) is 43.1. The van der Waals surface area contributed by atoms with Crippen molar-refractivity contribution in [3.05, 3.63) is 139 Å². The van der Waals surface area contributed by atoms with E-state index in [1.54, 1.807) is 10.6 Å². The number of anilines is 9. The average molecular weight is 737 g/mol. The van der Waals surface area contributed by atoms with E-state index < -0.39 is 0 Å². The lowest BCUT2D eigenvalue weighted by Crippen LogP contribution is -2.12. The fourth-order valence-electron chi connectivity index (χ4n) is 5.81. The van der Waals surface area contributed by atoms with Gasteiger partial charge in [0.1, 0.15) is 0 Å². The van der Waals surface area contributed by atoms with Crippen molar-refractivity contribution >= 4 is 62.1 Å². The fraction of sp³-hybridized carbons (Fsp3) is 0.255. The molecule has 6 rings (SSSR count). The first-order chi connectivity index (χ1) is 26.4. The monoisotopic (exact) mass is 736 g/mol. The highest BCUT2D eigenvalue weighted by molar-refractivity contribution is 5.92. The second-order valence-corrected chi connectivity index (χ2v) is 13.3. The number of rotatable bonds is 9. The van der Waals surface area contributed by atoms with E-state index in [0.717, 1.165) is 67.7 Å². The highest BCUT2D eigenvalue weighted by Crippen LogP contribution is 2.38. The molecule has 0 saturated heterocycles. The second kappa shape index (κ2) is 20.8. The topological polar surface area (TPSA) is 65.7 Å². The number of nitrogens with one attached hydrogen (secondary N) is 2. The SMILES string of the molecule is C=CC.CC.CNc1ccc(Nc2ccc(N(C)C)cc2)cc1.Cc1c(C)n(C#N)c2ccc(N(c3ccc(N(C)C)cc3)c3ccc(N(C)C)cc3)cc12. The van der Waals surface area contributed by atoms with Gasteiger partial charge in [0.25, 0.3) is 0 Å². The molecule has 0 radical (unpaired) electrons. The summed E-state index contributed by atoms with van der Waals surface area (Å²) in [7, 11) is 14.2. The van der Waals surface area contributed by atoms with Crippen molar-refractivity contribution in [2.45, 2.75) is 34.6 Å². The zero-order valence-electron chi connectivity index (χ0n) is 34.9. The van der Waals surface area contributed by atoms with Crippen LogP contribution in [-0.4, -0.2) is 53.9 Å². The molecular formula is C47H60N8. The van der Waals surface area contributed by atoms with Gasteiger partial charge in [-0.2, -0.15) is 5.26 Å². The van der Waals surface area contributed by atoms with Crippen molar-refractivity contribution in [3.63, 3.8) is 0 Å². The van der Waals surface area contributed by atoms with Gasteiger partial charge in [-0.1, -0.05) is 19.9 Å². The van der Waals surface area contributed by atoms with E-state index in [1.807, 2.05) is 83.1 Å². The zero-order chi connectivity index (χ0) is 40.7. The van der Waals surface area contributed by atoms with Crippen LogP contribution in [0.5, 0.6) is 0 Å². The molecule has 5 aromatic carbocycles. The molecular weight excluding hydrogens is 677 g/mol. The quantitative estimate of drug-likeness (QED) is 0.143. The second-order valence-electron chi connectivity index (χ2n) is 13.3. The van der Waals surface area contributed by atoms with Crippen LogP contribution in [0.3, 0.4) is 0 Å². The number of nitrogens with zero attached hydrogens (tertiary/aromatic N) is 6. The highest BCUT2D eigenvalue weighted by Gasteiger charge is 2.17. The molecule has 0 aliphatic carbocycles. The molecule has 0 spiro atoms. The minimum atomic E-state index is 0.942. The van der Waals surface area contributed by atoms with Gasteiger partial charge in [0.15, 0.2) is 6.19 Å². The maximum absolute atomic E-state index is 9.60. The van der Waals surface area contributed by atoms with Crippen LogP contribution < -0.4 is 30.2 Å². The van der Waals surface area contributed by atoms with Crippen molar-refractivity contribution in [1.29, 1.82) is 5.26 Å². The summed E-state index contributed by atoms with van der Waals surface area (Å²) in [5, 5.41) is 17.2. The van der Waals surface area contributed by atoms with Crippen molar-refractivity contribution in [1.82, 2.24) is 4.57 Å². The van der Waals surface area contributed by atoms with Crippen LogP contribution >= 0.6 is 0 Å². The molecule has 6 aromatic rings. The van der Waals surface area contributed by atoms with Gasteiger partial charge in [-0.25, -0.2) is 0 Å². The summed E-state index contributed by atoms with van der Waals surface area (Å²) in [5.41, 5.74) is 13.1. The van der Waals surface area contributed by atoms with Gasteiger partial charge >= 0.3 is 0 Å². The maximum atomic E-state index is 9.60. The molecule has 1 heterocycles. The Balaban J connectivity index is 0.000000298. The number of allylic oxidation sites excluding steroid dienone is 1. The normalized spacial score (nSPS) is 9.87. The van der Waals surface area contributed by atoms with E-state index >= 15 is 0 Å². The molecule has 0 unspecified atom stereocenters. The van der Waals surface area contributed by atoms with Gasteiger partial charge in [0.05, 0.1) is 5.52 Å². The van der Waals surface area contributed by atoms with E-state index in [1.165, 1.54) is 5.69 Å². The number of benzene rings is 5. The molecule has 288 valence electrons. The lowest BCUT2D eigenvalue weighted by molar-refractivity contribution is 1.06. The molecule has 55 heavy (non-hydrogen) atoms. The van der Waals surface area contributed by atoms with Crippen LogP contribution in [0.2, 0.25) is 0 Å². The predicted octanol–water partition coefficient (Wildman–Crippen LogP) is 11.9. The van der Waals surface area contributed by atoms with Crippen LogP contribution in [0, 0.1) is 25.3 Å². The van der Waals surface area contributed by atoms with Crippen LogP contribution in [0.25, 0.3) is 10.9 Å². The van der Waals surface area contributed by atoms with Crippen molar-refractivity contribution in [2.75, 3.05) is 79.6 Å². The summed E-state index contributed by atoms with van der Waals surface area (Å²) in [6.45, 7) is 13.3. The Morgan fingerprint density at radius 3 is 1.31 bits per heavy atom. The highest BCUT2D eigenvalue weighted by atomic mass is 15.1. The Kier molecular flexibility index (Phi) is 16.3. The molecule has 0 atom stereocenters. The van der Waals surface area contributed by atoms with Gasteiger partial charge in [-0.05, 0) is 142 Å². The van der Waals surface area contributed by atoms with Gasteiger partial charge < -0.3 is 30.2 Å². The summed E-state index contributed by atoms with van der Waals surface area (Å²) in [5.74, 6) is 0. The van der Waals surface area contributed by atoms with Gasteiger partial charge in [-0.3, -0.25) is 4.57 Å². The molecule has 0 amide bonds. The Hall–Kier alpha value is -6.33. The summed E-state index contributed by atoms with van der Waals surface area (Å²) in [4.78, 5) is 8.55. The first-order valence-electron chi connectivity index (χ1n) is 18.7. The number of fused-ring (bicyclic) bond motifs is 1. The first-order valence-corrected chi connectivity index (χ1v) is 18.7. The van der Waals surface area contributed by atoms with Gasteiger partial charge in [-0.15, -0.1) is 6.58 Å². The van der Waals surface area contributed by atoms with Crippen LogP contribution in [-0.2, 0) is 0 Å². The number of aromatic nitrogens is 1. The largest absolute Gasteiger partial charge is 0.388 e. The number of aryl methyl sites for hydroxylation is 1. The zero-order valence-corrected chi connectivity index (χ0v) is 34.9. The van der Waals surface area contributed by atoms with E-state index in [4.69, 9.17) is 0 Å². The summed E-state index contributed by atoms with van der Waals surface area (Å²) in [6, 6.07) is 40.1. The van der Waals surface area contributed by atoms with Gasteiger partial charge in [0.2, 0.25) is 0 Å². The van der Waals surface area contributed by atoms with E-state index in [0.29, 0.717) is 0 Å². The molecule has 0 saturated carbocycles. The molecule has 1 aromatic heterocycles. The van der Waals surface area contributed by atoms with E-state index in [9.17, 15) is 5.26 Å². The van der Waals surface area contributed by atoms with E-state index in [-0.39, 0.29) is 0 Å². The Morgan fingerprint density at radius 1 is 0.582 bits per heavy atom. The van der Waals surface area contributed by atoms with Crippen LogP contribution in [0.1, 0.15) is 32.0 Å². The third kappa shape index (κ3) is 11.1. The molecule has 0 aliphatic rings. The van der Waals surface area contributed by atoms with E-state index in [2.05, 4.69) is 159 Å². The minimum Gasteiger partial charge on any atom is -0.388 e. The third-order valence-electron chi connectivity index (χ3n) is 8.96. The number of nitriles is 1. The molecule has 8 nitrogen and oxygen atoms in total. The maximum Gasteiger partial charge on any atom is 0.189 e. The minimum absolute atomic E-state index is 0.942. The fourth-order valence-corrected chi connectivity index (χ4v) is 5.81. The Bertz CT molecular complexity index is 2050. The summed E-state index contributed by atoms with van der Waals surface area (Å²) >= 11 is 0. The summed E-state index contributed by atoms with van der Waals surface area (Å²) < 4.78 is 1.70. The molecule has 0 aliphatic heterocycles. The number of hydrogen-bond acceptors (Lipinski definition) is 7. The third-order valence-corrected chi connectivity index (χ3v) is 8.96. The molecule has 8 heteroatoms.